The van der Waals surface area contributed by atoms with Gasteiger partial charge in [0.1, 0.15) is 0 Å². The molecule has 0 spiro atoms. The lowest BCUT2D eigenvalue weighted by Crippen LogP contribution is -3.05. The lowest BCUT2D eigenvalue weighted by molar-refractivity contribution is -0.858. The van der Waals surface area contributed by atoms with Crippen molar-refractivity contribution in [3.05, 3.63) is 17.7 Å². The number of nitrogens with one attached hydrogen (secondary N) is 3. The lowest BCUT2D eigenvalue weighted by Gasteiger charge is -2.16. The molecule has 118 valence electrons. The number of rotatable bonds is 7. The minimum Gasteiger partial charge on any atom is -0.493 e. The Balaban J connectivity index is 2.59. The van der Waals surface area contributed by atoms with Crippen molar-refractivity contribution >= 4 is 23.0 Å². The second kappa shape index (κ2) is 8.69. The number of methoxy groups -OCH3 is 2. The average molecular weight is 312 g/mol. The largest absolute Gasteiger partial charge is 0.493 e. The SMILES string of the molecule is COc1cc(C)c(NC(=S)NCCC[NH+](C)C)cc1OC. The van der Waals surface area contributed by atoms with E-state index in [1.165, 1.54) is 4.90 Å². The normalized spacial score (nSPS) is 10.4. The number of benzene rings is 1. The van der Waals surface area contributed by atoms with Crippen LogP contribution in [0.5, 0.6) is 11.5 Å². The van der Waals surface area contributed by atoms with Gasteiger partial charge in [-0.15, -0.1) is 0 Å². The number of hydrogen-bond acceptors (Lipinski definition) is 3. The van der Waals surface area contributed by atoms with Gasteiger partial charge in [0.15, 0.2) is 16.6 Å². The fourth-order valence-electron chi connectivity index (χ4n) is 1.93. The summed E-state index contributed by atoms with van der Waals surface area (Å²) in [6.45, 7) is 3.98. The van der Waals surface area contributed by atoms with Crippen LogP contribution >= 0.6 is 12.2 Å². The van der Waals surface area contributed by atoms with Crippen molar-refractivity contribution in [3.8, 4) is 11.5 Å². The van der Waals surface area contributed by atoms with Gasteiger partial charge in [-0.25, -0.2) is 0 Å². The number of ether oxygens (including phenoxy) is 2. The fraction of sp³-hybridized carbons (Fsp3) is 0.533. The highest BCUT2D eigenvalue weighted by Crippen LogP contribution is 2.32. The molecule has 1 aromatic rings. The van der Waals surface area contributed by atoms with Crippen LogP contribution in [-0.2, 0) is 0 Å². The average Bonchev–Trinajstić information content (AvgIpc) is 2.45. The maximum Gasteiger partial charge on any atom is 0.170 e. The van der Waals surface area contributed by atoms with Crippen LogP contribution in [0.1, 0.15) is 12.0 Å². The molecule has 0 fully saturated rings. The first kappa shape index (κ1) is 17.5. The molecule has 0 aliphatic carbocycles. The van der Waals surface area contributed by atoms with E-state index in [-0.39, 0.29) is 0 Å². The molecule has 0 bridgehead atoms. The summed E-state index contributed by atoms with van der Waals surface area (Å²) in [5, 5.41) is 7.04. The molecule has 0 saturated heterocycles. The van der Waals surface area contributed by atoms with Crippen molar-refractivity contribution < 1.29 is 14.4 Å². The first-order chi connectivity index (χ1) is 9.97. The maximum atomic E-state index is 5.31. The molecule has 0 aliphatic rings. The summed E-state index contributed by atoms with van der Waals surface area (Å²) in [4.78, 5) is 1.44. The smallest absolute Gasteiger partial charge is 0.170 e. The second-order valence-electron chi connectivity index (χ2n) is 5.21. The number of anilines is 1. The Bertz CT molecular complexity index is 478. The van der Waals surface area contributed by atoms with Gasteiger partial charge in [0.05, 0.1) is 34.9 Å². The summed E-state index contributed by atoms with van der Waals surface area (Å²) < 4.78 is 10.6. The standard InChI is InChI=1S/C15H25N3O2S/c1-11-9-13(19-4)14(20-5)10-12(11)17-15(21)16-7-6-8-18(2)3/h9-10H,6-8H2,1-5H3,(H2,16,17,21)/p+1. The van der Waals surface area contributed by atoms with Gasteiger partial charge in [0.2, 0.25) is 0 Å². The monoisotopic (exact) mass is 312 g/mol. The van der Waals surface area contributed by atoms with Crippen LogP contribution in [0.3, 0.4) is 0 Å². The summed E-state index contributed by atoms with van der Waals surface area (Å²) in [6, 6.07) is 3.82. The topological polar surface area (TPSA) is 47.0 Å². The first-order valence-electron chi connectivity index (χ1n) is 7.04. The Labute approximate surface area is 132 Å². The molecule has 0 amide bonds. The zero-order valence-corrected chi connectivity index (χ0v) is 14.3. The Kier molecular flexibility index (Phi) is 7.25. The van der Waals surface area contributed by atoms with Crippen LogP contribution in [0, 0.1) is 6.92 Å². The molecule has 0 aliphatic heterocycles. The Morgan fingerprint density at radius 2 is 1.81 bits per heavy atom. The lowest BCUT2D eigenvalue weighted by atomic mass is 10.1. The molecule has 0 radical (unpaired) electrons. The molecule has 21 heavy (non-hydrogen) atoms. The molecule has 6 heteroatoms. The third-order valence-electron chi connectivity index (χ3n) is 3.12. The molecule has 0 unspecified atom stereocenters. The van der Waals surface area contributed by atoms with Gasteiger partial charge in [-0.05, 0) is 30.8 Å². The van der Waals surface area contributed by atoms with Crippen molar-refractivity contribution in [1.29, 1.82) is 0 Å². The molecular weight excluding hydrogens is 286 g/mol. The number of hydrogen-bond donors (Lipinski definition) is 3. The van der Waals surface area contributed by atoms with E-state index in [0.29, 0.717) is 16.6 Å². The molecule has 1 rings (SSSR count). The highest BCUT2D eigenvalue weighted by Gasteiger charge is 2.09. The Morgan fingerprint density at radius 1 is 1.19 bits per heavy atom. The molecule has 3 N–H and O–H groups in total. The van der Waals surface area contributed by atoms with E-state index < -0.39 is 0 Å². The third kappa shape index (κ3) is 5.77. The highest BCUT2D eigenvalue weighted by molar-refractivity contribution is 7.80. The summed E-state index contributed by atoms with van der Waals surface area (Å²) in [6.07, 6.45) is 1.08. The molecular formula is C15H26N3O2S+. The second-order valence-corrected chi connectivity index (χ2v) is 5.62. The molecule has 5 nitrogen and oxygen atoms in total. The van der Waals surface area contributed by atoms with Crippen molar-refractivity contribution in [2.75, 3.05) is 46.7 Å². The zero-order valence-electron chi connectivity index (χ0n) is 13.5. The first-order valence-corrected chi connectivity index (χ1v) is 7.45. The molecule has 0 saturated carbocycles. The fourth-order valence-corrected chi connectivity index (χ4v) is 2.14. The summed E-state index contributed by atoms with van der Waals surface area (Å²) >= 11 is 5.31. The van der Waals surface area contributed by atoms with Crippen LogP contribution in [-0.4, -0.2) is 46.5 Å². The van der Waals surface area contributed by atoms with Crippen LogP contribution in [0.15, 0.2) is 12.1 Å². The number of thiocarbonyl (C=S) groups is 1. The van der Waals surface area contributed by atoms with E-state index in [1.54, 1.807) is 14.2 Å². The van der Waals surface area contributed by atoms with E-state index in [4.69, 9.17) is 21.7 Å². The highest BCUT2D eigenvalue weighted by atomic mass is 32.1. The van der Waals surface area contributed by atoms with Gasteiger partial charge in [-0.2, -0.15) is 0 Å². The minimum atomic E-state index is 0.624. The number of quaternary nitrogens is 1. The van der Waals surface area contributed by atoms with Crippen LogP contribution in [0.4, 0.5) is 5.69 Å². The van der Waals surface area contributed by atoms with E-state index in [1.807, 2.05) is 19.1 Å². The van der Waals surface area contributed by atoms with Gasteiger partial charge in [-0.1, -0.05) is 0 Å². The quantitative estimate of drug-likeness (QED) is 0.514. The molecule has 0 heterocycles. The van der Waals surface area contributed by atoms with Gasteiger partial charge in [0.25, 0.3) is 0 Å². The molecule has 1 aromatic carbocycles. The van der Waals surface area contributed by atoms with Crippen LogP contribution < -0.4 is 25.0 Å². The van der Waals surface area contributed by atoms with Gasteiger partial charge in [-0.3, -0.25) is 0 Å². The third-order valence-corrected chi connectivity index (χ3v) is 3.36. The van der Waals surface area contributed by atoms with E-state index in [9.17, 15) is 0 Å². The molecule has 0 aromatic heterocycles. The van der Waals surface area contributed by atoms with Crippen molar-refractivity contribution in [2.24, 2.45) is 0 Å². The van der Waals surface area contributed by atoms with Crippen LogP contribution in [0.25, 0.3) is 0 Å². The zero-order chi connectivity index (χ0) is 15.8. The van der Waals surface area contributed by atoms with Gasteiger partial charge >= 0.3 is 0 Å². The summed E-state index contributed by atoms with van der Waals surface area (Å²) in [7, 11) is 7.54. The van der Waals surface area contributed by atoms with Crippen molar-refractivity contribution in [2.45, 2.75) is 13.3 Å². The van der Waals surface area contributed by atoms with Gasteiger partial charge < -0.3 is 25.0 Å². The van der Waals surface area contributed by atoms with Crippen LogP contribution in [0.2, 0.25) is 0 Å². The van der Waals surface area contributed by atoms with E-state index in [0.717, 1.165) is 30.8 Å². The van der Waals surface area contributed by atoms with Gasteiger partial charge in [0, 0.05) is 24.7 Å². The summed E-state index contributed by atoms with van der Waals surface area (Å²) in [5.74, 6) is 1.40. The predicted molar refractivity (Wildman–Crippen MR) is 90.8 cm³/mol. The Morgan fingerprint density at radius 3 is 2.38 bits per heavy atom. The molecule has 0 atom stereocenters. The Hall–Kier alpha value is -1.53. The van der Waals surface area contributed by atoms with E-state index in [2.05, 4.69) is 24.7 Å². The predicted octanol–water partition coefficient (Wildman–Crippen LogP) is 0.833. The van der Waals surface area contributed by atoms with E-state index >= 15 is 0 Å². The minimum absolute atomic E-state index is 0.624. The number of aryl methyl sites for hydroxylation is 1. The van der Waals surface area contributed by atoms with Crippen molar-refractivity contribution in [1.82, 2.24) is 5.32 Å². The maximum absolute atomic E-state index is 5.31. The summed E-state index contributed by atoms with van der Waals surface area (Å²) in [5.41, 5.74) is 1.97. The van der Waals surface area contributed by atoms with Crippen molar-refractivity contribution in [3.63, 3.8) is 0 Å².